The second-order valence-corrected chi connectivity index (χ2v) is 6.51. The normalized spacial score (nSPS) is 16.6. The largest absolute Gasteiger partial charge is 0.485 e. The van der Waals surface area contributed by atoms with Crippen molar-refractivity contribution in [3.8, 4) is 11.5 Å². The summed E-state index contributed by atoms with van der Waals surface area (Å²) in [6.07, 6.45) is 0.164. The Morgan fingerprint density at radius 2 is 2.14 bits per heavy atom. The van der Waals surface area contributed by atoms with Crippen LogP contribution in [0.4, 0.5) is 5.13 Å². The molecule has 3 rings (SSSR count). The number of carbonyl (C=O) groups is 1. The minimum absolute atomic E-state index is 0.181. The summed E-state index contributed by atoms with van der Waals surface area (Å²) in [5, 5.41) is 12.2. The molecule has 1 aliphatic rings. The van der Waals surface area contributed by atoms with Gasteiger partial charge in [0.1, 0.15) is 11.6 Å². The summed E-state index contributed by atoms with van der Waals surface area (Å²) in [7, 11) is 0. The van der Waals surface area contributed by atoms with Crippen LogP contribution in [-0.2, 0) is 11.2 Å². The lowest BCUT2D eigenvalue weighted by molar-refractivity contribution is -0.125. The van der Waals surface area contributed by atoms with Gasteiger partial charge in [-0.3, -0.25) is 10.1 Å². The Hall–Kier alpha value is -2.15. The molecule has 22 heavy (non-hydrogen) atoms. The van der Waals surface area contributed by atoms with Gasteiger partial charge in [0.15, 0.2) is 11.5 Å². The number of hydrogen-bond acceptors (Lipinski definition) is 6. The summed E-state index contributed by atoms with van der Waals surface area (Å²) >= 11 is 1.39. The molecule has 1 atom stereocenters. The number of anilines is 1. The van der Waals surface area contributed by atoms with Crippen molar-refractivity contribution >= 4 is 22.4 Å². The van der Waals surface area contributed by atoms with E-state index in [0.29, 0.717) is 22.5 Å². The highest BCUT2D eigenvalue weighted by Crippen LogP contribution is 2.31. The van der Waals surface area contributed by atoms with Gasteiger partial charge in [-0.2, -0.15) is 0 Å². The van der Waals surface area contributed by atoms with Gasteiger partial charge >= 0.3 is 0 Å². The molecule has 1 aromatic carbocycles. The monoisotopic (exact) mass is 319 g/mol. The molecule has 6 nitrogen and oxygen atoms in total. The molecule has 0 aliphatic carbocycles. The van der Waals surface area contributed by atoms with Crippen molar-refractivity contribution in [2.24, 2.45) is 5.92 Å². The molecule has 0 bridgehead atoms. The van der Waals surface area contributed by atoms with Crippen molar-refractivity contribution < 1.29 is 14.3 Å². The third-order valence-corrected chi connectivity index (χ3v) is 3.94. The average molecular weight is 319 g/mol. The van der Waals surface area contributed by atoms with Crippen LogP contribution in [0.3, 0.4) is 0 Å². The van der Waals surface area contributed by atoms with Crippen LogP contribution >= 0.6 is 11.3 Å². The van der Waals surface area contributed by atoms with Gasteiger partial charge in [-0.1, -0.05) is 37.3 Å². The quantitative estimate of drug-likeness (QED) is 0.937. The fourth-order valence-corrected chi connectivity index (χ4v) is 3.03. The van der Waals surface area contributed by atoms with E-state index in [4.69, 9.17) is 9.47 Å². The number of fused-ring (bicyclic) bond motifs is 1. The summed E-state index contributed by atoms with van der Waals surface area (Å²) in [6, 6.07) is 7.29. The van der Waals surface area contributed by atoms with E-state index in [2.05, 4.69) is 29.4 Å². The van der Waals surface area contributed by atoms with Crippen molar-refractivity contribution in [1.82, 2.24) is 10.2 Å². The maximum absolute atomic E-state index is 12.2. The fourth-order valence-electron chi connectivity index (χ4n) is 2.07. The SMILES string of the molecule is CC(C)Cc1nnc(NC(=O)C2COc3ccccc3O2)s1. The Balaban J connectivity index is 1.62. The van der Waals surface area contributed by atoms with Gasteiger partial charge in [0.2, 0.25) is 11.2 Å². The van der Waals surface area contributed by atoms with E-state index >= 15 is 0 Å². The molecule has 0 spiro atoms. The lowest BCUT2D eigenvalue weighted by atomic mass is 10.1. The highest BCUT2D eigenvalue weighted by molar-refractivity contribution is 7.15. The van der Waals surface area contributed by atoms with Crippen LogP contribution in [0.1, 0.15) is 18.9 Å². The maximum Gasteiger partial charge on any atom is 0.270 e. The van der Waals surface area contributed by atoms with Gasteiger partial charge in [-0.05, 0) is 18.1 Å². The molecule has 2 heterocycles. The number of carbonyl (C=O) groups excluding carboxylic acids is 1. The molecule has 7 heteroatoms. The van der Waals surface area contributed by atoms with Crippen LogP contribution in [0.25, 0.3) is 0 Å². The van der Waals surface area contributed by atoms with E-state index in [-0.39, 0.29) is 12.5 Å². The Labute approximate surface area is 132 Å². The van der Waals surface area contributed by atoms with Gasteiger partial charge < -0.3 is 9.47 Å². The van der Waals surface area contributed by atoms with Crippen molar-refractivity contribution in [3.63, 3.8) is 0 Å². The van der Waals surface area contributed by atoms with Crippen LogP contribution in [-0.4, -0.2) is 28.8 Å². The first-order chi connectivity index (χ1) is 10.6. The molecule has 1 N–H and O–H groups in total. The molecule has 2 aromatic rings. The zero-order chi connectivity index (χ0) is 15.5. The minimum atomic E-state index is -0.688. The maximum atomic E-state index is 12.2. The first-order valence-electron chi connectivity index (χ1n) is 7.13. The first-order valence-corrected chi connectivity index (χ1v) is 7.95. The zero-order valence-corrected chi connectivity index (χ0v) is 13.2. The van der Waals surface area contributed by atoms with Crippen molar-refractivity contribution in [2.45, 2.75) is 26.4 Å². The Bertz CT molecular complexity index is 672. The third-order valence-electron chi connectivity index (χ3n) is 3.08. The highest BCUT2D eigenvalue weighted by Gasteiger charge is 2.28. The fraction of sp³-hybridized carbons (Fsp3) is 0.400. The van der Waals surface area contributed by atoms with E-state index in [1.165, 1.54) is 11.3 Å². The van der Waals surface area contributed by atoms with Crippen LogP contribution in [0, 0.1) is 5.92 Å². The molecule has 0 saturated heterocycles. The zero-order valence-electron chi connectivity index (χ0n) is 12.4. The van der Waals surface area contributed by atoms with Crippen LogP contribution in [0.2, 0.25) is 0 Å². The van der Waals surface area contributed by atoms with Crippen molar-refractivity contribution in [1.29, 1.82) is 0 Å². The lowest BCUT2D eigenvalue weighted by Gasteiger charge is -2.25. The first kappa shape index (κ1) is 14.8. The number of hydrogen-bond donors (Lipinski definition) is 1. The van der Waals surface area contributed by atoms with Crippen molar-refractivity contribution in [3.05, 3.63) is 29.3 Å². The van der Waals surface area contributed by atoms with Gasteiger partial charge in [0.05, 0.1) is 0 Å². The summed E-state index contributed by atoms with van der Waals surface area (Å²) in [6.45, 7) is 4.41. The summed E-state index contributed by atoms with van der Waals surface area (Å²) in [4.78, 5) is 12.2. The lowest BCUT2D eigenvalue weighted by Crippen LogP contribution is -2.40. The Morgan fingerprint density at radius 3 is 2.91 bits per heavy atom. The minimum Gasteiger partial charge on any atom is -0.485 e. The Morgan fingerprint density at radius 1 is 1.36 bits per heavy atom. The topological polar surface area (TPSA) is 73.3 Å². The standard InChI is InChI=1S/C15H17N3O3S/c1-9(2)7-13-17-18-15(22-13)16-14(19)12-8-20-10-5-3-4-6-11(10)21-12/h3-6,9,12H,7-8H2,1-2H3,(H,16,18,19). The van der Waals surface area contributed by atoms with E-state index in [1.54, 1.807) is 6.07 Å². The molecule has 1 aliphatic heterocycles. The predicted molar refractivity (Wildman–Crippen MR) is 83.4 cm³/mol. The summed E-state index contributed by atoms with van der Waals surface area (Å²) in [5.74, 6) is 1.46. The number of benzene rings is 1. The molecule has 0 saturated carbocycles. The summed E-state index contributed by atoms with van der Waals surface area (Å²) in [5.41, 5.74) is 0. The number of aromatic nitrogens is 2. The number of nitrogens with zero attached hydrogens (tertiary/aromatic N) is 2. The van der Waals surface area contributed by atoms with Crippen LogP contribution in [0.5, 0.6) is 11.5 Å². The van der Waals surface area contributed by atoms with Crippen LogP contribution in [0.15, 0.2) is 24.3 Å². The second kappa shape index (κ2) is 6.31. The van der Waals surface area contributed by atoms with Gasteiger partial charge in [-0.25, -0.2) is 0 Å². The molecule has 1 amide bonds. The predicted octanol–water partition coefficient (Wildman–Crippen LogP) is 2.52. The van der Waals surface area contributed by atoms with Crippen molar-refractivity contribution in [2.75, 3.05) is 11.9 Å². The van der Waals surface area contributed by atoms with E-state index < -0.39 is 6.10 Å². The third kappa shape index (κ3) is 3.36. The highest BCUT2D eigenvalue weighted by atomic mass is 32.1. The second-order valence-electron chi connectivity index (χ2n) is 5.45. The van der Waals surface area contributed by atoms with E-state index in [0.717, 1.165) is 11.4 Å². The molecular weight excluding hydrogens is 302 g/mol. The van der Waals surface area contributed by atoms with Gasteiger partial charge in [0, 0.05) is 6.42 Å². The average Bonchev–Trinajstić information content (AvgIpc) is 2.93. The number of para-hydroxylation sites is 2. The smallest absolute Gasteiger partial charge is 0.270 e. The van der Waals surface area contributed by atoms with E-state index in [1.807, 2.05) is 18.2 Å². The molecular formula is C15H17N3O3S. The summed E-state index contributed by atoms with van der Waals surface area (Å²) < 4.78 is 11.2. The molecule has 0 fully saturated rings. The van der Waals surface area contributed by atoms with Gasteiger partial charge in [-0.15, -0.1) is 10.2 Å². The molecule has 1 unspecified atom stereocenters. The molecule has 116 valence electrons. The van der Waals surface area contributed by atoms with Crippen LogP contribution < -0.4 is 14.8 Å². The molecule has 1 aromatic heterocycles. The number of ether oxygens (including phenoxy) is 2. The van der Waals surface area contributed by atoms with Gasteiger partial charge in [0.25, 0.3) is 5.91 Å². The number of amides is 1. The van der Waals surface area contributed by atoms with E-state index in [9.17, 15) is 4.79 Å². The number of rotatable bonds is 4. The molecule has 0 radical (unpaired) electrons. The number of nitrogens with one attached hydrogen (secondary N) is 1. The Kier molecular flexibility index (Phi) is 4.24.